The van der Waals surface area contributed by atoms with E-state index in [9.17, 15) is 9.59 Å². The minimum absolute atomic E-state index is 0.292. The first-order chi connectivity index (χ1) is 13.7. The molecule has 0 unspecified atom stereocenters. The first-order valence-corrected chi connectivity index (χ1v) is 9.57. The predicted octanol–water partition coefficient (Wildman–Crippen LogP) is 2.87. The van der Waals surface area contributed by atoms with Crippen LogP contribution in [-0.2, 0) is 4.84 Å². The van der Waals surface area contributed by atoms with Gasteiger partial charge in [-0.05, 0) is 38.1 Å². The number of rotatable bonds is 6. The standard InChI is InChI=1S/C21H24N2O5/c1-26-16-8-6-7-14-18-15(13-17(27-2)19(14)16)20(24)23(21(18)25)28-12-11-22-9-4-3-5-10-22/h6-8,13H,3-5,9-12H2,1-2H3. The molecule has 0 bridgehead atoms. The molecule has 1 fully saturated rings. The molecule has 2 aliphatic heterocycles. The van der Waals surface area contributed by atoms with Gasteiger partial charge in [0.25, 0.3) is 11.8 Å². The van der Waals surface area contributed by atoms with Crippen molar-refractivity contribution < 1.29 is 23.9 Å². The molecule has 2 aliphatic rings. The second-order valence-electron chi connectivity index (χ2n) is 7.02. The number of methoxy groups -OCH3 is 2. The number of imide groups is 1. The maximum atomic E-state index is 13.0. The molecule has 0 aromatic heterocycles. The summed E-state index contributed by atoms with van der Waals surface area (Å²) in [4.78, 5) is 33.7. The van der Waals surface area contributed by atoms with Gasteiger partial charge >= 0.3 is 0 Å². The Hall–Kier alpha value is -2.64. The van der Waals surface area contributed by atoms with Crippen LogP contribution < -0.4 is 9.47 Å². The SMILES string of the molecule is COc1cccc2c3c(cc(OC)c12)C(=O)N(OCCN1CCCCC1)C3=O. The molecule has 4 rings (SSSR count). The van der Waals surface area contributed by atoms with Gasteiger partial charge in [-0.15, -0.1) is 5.06 Å². The van der Waals surface area contributed by atoms with Crippen molar-refractivity contribution in [3.05, 3.63) is 35.4 Å². The van der Waals surface area contributed by atoms with Crippen LogP contribution in [-0.4, -0.2) is 62.2 Å². The summed E-state index contributed by atoms with van der Waals surface area (Å²) < 4.78 is 10.9. The van der Waals surface area contributed by atoms with Crippen LogP contribution in [0.1, 0.15) is 40.0 Å². The lowest BCUT2D eigenvalue weighted by atomic mass is 9.98. The zero-order chi connectivity index (χ0) is 19.7. The average Bonchev–Trinajstić information content (AvgIpc) is 2.98. The second kappa shape index (κ2) is 7.77. The molecule has 148 valence electrons. The monoisotopic (exact) mass is 384 g/mol. The molecule has 2 heterocycles. The third-order valence-corrected chi connectivity index (χ3v) is 5.42. The Kier molecular flexibility index (Phi) is 5.19. The van der Waals surface area contributed by atoms with Crippen LogP contribution in [0, 0.1) is 0 Å². The first kappa shape index (κ1) is 18.7. The number of hydrogen-bond acceptors (Lipinski definition) is 6. The molecular weight excluding hydrogens is 360 g/mol. The summed E-state index contributed by atoms with van der Waals surface area (Å²) in [7, 11) is 3.09. The molecule has 0 saturated carbocycles. The van der Waals surface area contributed by atoms with Crippen molar-refractivity contribution in [1.82, 2.24) is 9.96 Å². The van der Waals surface area contributed by atoms with Gasteiger partial charge in [0.2, 0.25) is 0 Å². The fourth-order valence-corrected chi connectivity index (χ4v) is 4.01. The minimum Gasteiger partial charge on any atom is -0.496 e. The highest BCUT2D eigenvalue weighted by molar-refractivity contribution is 6.27. The van der Waals surface area contributed by atoms with E-state index in [0.29, 0.717) is 46.6 Å². The van der Waals surface area contributed by atoms with Crippen molar-refractivity contribution in [2.75, 3.05) is 40.5 Å². The van der Waals surface area contributed by atoms with Crippen LogP contribution in [0.2, 0.25) is 0 Å². The predicted molar refractivity (Wildman–Crippen MR) is 104 cm³/mol. The van der Waals surface area contributed by atoms with Crippen LogP contribution in [0.3, 0.4) is 0 Å². The molecule has 0 atom stereocenters. The number of ether oxygens (including phenoxy) is 2. The number of amides is 2. The van der Waals surface area contributed by atoms with Crippen LogP contribution in [0.15, 0.2) is 24.3 Å². The number of carbonyl (C=O) groups is 2. The van der Waals surface area contributed by atoms with E-state index in [4.69, 9.17) is 14.3 Å². The molecule has 7 heteroatoms. The van der Waals surface area contributed by atoms with E-state index >= 15 is 0 Å². The van der Waals surface area contributed by atoms with Gasteiger partial charge in [0.1, 0.15) is 11.5 Å². The molecule has 28 heavy (non-hydrogen) atoms. The van der Waals surface area contributed by atoms with Gasteiger partial charge in [0, 0.05) is 11.9 Å². The highest BCUT2D eigenvalue weighted by Crippen LogP contribution is 2.40. The number of likely N-dealkylation sites (tertiary alicyclic amines) is 1. The van der Waals surface area contributed by atoms with Crippen LogP contribution in [0.5, 0.6) is 11.5 Å². The summed E-state index contributed by atoms with van der Waals surface area (Å²) in [5.74, 6) is 0.172. The Morgan fingerprint density at radius 2 is 1.71 bits per heavy atom. The van der Waals surface area contributed by atoms with E-state index in [-0.39, 0.29) is 0 Å². The van der Waals surface area contributed by atoms with Gasteiger partial charge in [-0.3, -0.25) is 14.4 Å². The maximum absolute atomic E-state index is 13.0. The van der Waals surface area contributed by atoms with Gasteiger partial charge in [0.05, 0.1) is 37.3 Å². The smallest absolute Gasteiger partial charge is 0.286 e. The van der Waals surface area contributed by atoms with E-state index in [0.717, 1.165) is 18.2 Å². The number of nitrogens with zero attached hydrogens (tertiary/aromatic N) is 2. The number of fused-ring (bicyclic) bond motifs is 3. The second-order valence-corrected chi connectivity index (χ2v) is 7.02. The average molecular weight is 384 g/mol. The van der Waals surface area contributed by atoms with Crippen molar-refractivity contribution in [2.24, 2.45) is 0 Å². The van der Waals surface area contributed by atoms with Gasteiger partial charge in [-0.2, -0.15) is 0 Å². The Morgan fingerprint density at radius 3 is 2.43 bits per heavy atom. The molecule has 0 radical (unpaired) electrons. The van der Waals surface area contributed by atoms with E-state index in [2.05, 4.69) is 4.90 Å². The fraction of sp³-hybridized carbons (Fsp3) is 0.429. The van der Waals surface area contributed by atoms with Crippen molar-refractivity contribution in [3.63, 3.8) is 0 Å². The summed E-state index contributed by atoms with van der Waals surface area (Å²) in [6.07, 6.45) is 3.62. The van der Waals surface area contributed by atoms with Crippen LogP contribution >= 0.6 is 0 Å². The summed E-state index contributed by atoms with van der Waals surface area (Å²) in [6.45, 7) is 3.06. The quantitative estimate of drug-likeness (QED) is 0.714. The van der Waals surface area contributed by atoms with E-state index in [1.807, 2.05) is 0 Å². The number of hydrogen-bond donors (Lipinski definition) is 0. The van der Waals surface area contributed by atoms with Crippen molar-refractivity contribution in [2.45, 2.75) is 19.3 Å². The molecule has 2 aromatic carbocycles. The van der Waals surface area contributed by atoms with Gasteiger partial charge in [-0.1, -0.05) is 18.6 Å². The van der Waals surface area contributed by atoms with Crippen molar-refractivity contribution >= 4 is 22.6 Å². The van der Waals surface area contributed by atoms with Gasteiger partial charge in [0.15, 0.2) is 0 Å². The zero-order valence-corrected chi connectivity index (χ0v) is 16.2. The van der Waals surface area contributed by atoms with E-state index in [1.54, 1.807) is 31.4 Å². The molecular formula is C21H24N2O5. The third-order valence-electron chi connectivity index (χ3n) is 5.42. The van der Waals surface area contributed by atoms with Gasteiger partial charge in [-0.25, -0.2) is 0 Å². The van der Waals surface area contributed by atoms with Gasteiger partial charge < -0.3 is 14.4 Å². The third kappa shape index (κ3) is 3.10. The topological polar surface area (TPSA) is 68.3 Å². The van der Waals surface area contributed by atoms with Crippen molar-refractivity contribution in [1.29, 1.82) is 0 Å². The summed E-state index contributed by atoms with van der Waals surface area (Å²) in [5, 5.41) is 2.17. The highest BCUT2D eigenvalue weighted by atomic mass is 16.7. The molecule has 2 amide bonds. The number of hydroxylamine groups is 2. The Labute approximate surface area is 163 Å². The summed E-state index contributed by atoms with van der Waals surface area (Å²) >= 11 is 0. The van der Waals surface area contributed by atoms with E-state index in [1.165, 1.54) is 26.4 Å². The van der Waals surface area contributed by atoms with Crippen LogP contribution in [0.25, 0.3) is 10.8 Å². The largest absolute Gasteiger partial charge is 0.496 e. The maximum Gasteiger partial charge on any atom is 0.286 e. The zero-order valence-electron chi connectivity index (χ0n) is 16.2. The minimum atomic E-state index is -0.457. The van der Waals surface area contributed by atoms with E-state index < -0.39 is 11.8 Å². The fourth-order valence-electron chi connectivity index (χ4n) is 4.01. The Balaban J connectivity index is 1.62. The molecule has 0 spiro atoms. The lowest BCUT2D eigenvalue weighted by molar-refractivity contribution is -0.0961. The number of benzene rings is 2. The number of carbonyl (C=O) groups excluding carboxylic acids is 2. The summed E-state index contributed by atoms with van der Waals surface area (Å²) in [5.41, 5.74) is 0.623. The Morgan fingerprint density at radius 1 is 0.964 bits per heavy atom. The molecule has 7 nitrogen and oxygen atoms in total. The lowest BCUT2D eigenvalue weighted by Gasteiger charge is -2.26. The van der Waals surface area contributed by atoms with Crippen molar-refractivity contribution in [3.8, 4) is 11.5 Å². The molecule has 2 aromatic rings. The summed E-state index contributed by atoms with van der Waals surface area (Å²) in [6, 6.07) is 6.97. The highest BCUT2D eigenvalue weighted by Gasteiger charge is 2.39. The number of piperidine rings is 1. The molecule has 0 aliphatic carbocycles. The molecule has 1 saturated heterocycles. The lowest BCUT2D eigenvalue weighted by Crippen LogP contribution is -2.36. The van der Waals surface area contributed by atoms with Crippen LogP contribution in [0.4, 0.5) is 0 Å². The first-order valence-electron chi connectivity index (χ1n) is 9.57. The Bertz CT molecular complexity index is 921. The molecule has 0 N–H and O–H groups in total. The normalized spacial score (nSPS) is 17.3.